The van der Waals surface area contributed by atoms with E-state index in [-0.39, 0.29) is 11.8 Å². The predicted molar refractivity (Wildman–Crippen MR) is 98.3 cm³/mol. The number of para-hydroxylation sites is 3. The summed E-state index contributed by atoms with van der Waals surface area (Å²) in [6.45, 7) is 0.876. The van der Waals surface area contributed by atoms with Gasteiger partial charge in [-0.2, -0.15) is 0 Å². The van der Waals surface area contributed by atoms with E-state index in [1.165, 1.54) is 0 Å². The van der Waals surface area contributed by atoms with Gasteiger partial charge in [-0.25, -0.2) is 0 Å². The molecule has 136 valence electrons. The van der Waals surface area contributed by atoms with E-state index in [0.29, 0.717) is 43.9 Å². The minimum atomic E-state index is -0.591. The molecule has 0 spiro atoms. The van der Waals surface area contributed by atoms with Crippen LogP contribution in [-0.4, -0.2) is 31.1 Å². The van der Waals surface area contributed by atoms with Gasteiger partial charge >= 0.3 is 0 Å². The number of carbonyl (C=O) groups is 2. The van der Waals surface area contributed by atoms with Crippen LogP contribution < -0.4 is 20.1 Å². The van der Waals surface area contributed by atoms with Crippen LogP contribution in [0.2, 0.25) is 0 Å². The van der Waals surface area contributed by atoms with Crippen LogP contribution in [-0.2, 0) is 9.59 Å². The number of ether oxygens (including phenoxy) is 2. The Kier molecular flexibility index (Phi) is 6.09. The van der Waals surface area contributed by atoms with E-state index in [9.17, 15) is 9.59 Å². The van der Waals surface area contributed by atoms with Gasteiger partial charge in [0.05, 0.1) is 12.3 Å². The monoisotopic (exact) mass is 354 g/mol. The molecule has 2 amide bonds. The molecule has 1 unspecified atom stereocenters. The first-order chi connectivity index (χ1) is 12.7. The molecule has 1 aliphatic heterocycles. The Labute approximate surface area is 152 Å². The van der Waals surface area contributed by atoms with Gasteiger partial charge in [0.15, 0.2) is 6.10 Å². The van der Waals surface area contributed by atoms with E-state index in [1.807, 2.05) is 48.5 Å². The van der Waals surface area contributed by atoms with Crippen molar-refractivity contribution in [3.05, 3.63) is 54.6 Å². The lowest BCUT2D eigenvalue weighted by atomic mass is 10.1. The normalized spacial score (nSPS) is 15.4. The van der Waals surface area contributed by atoms with Crippen molar-refractivity contribution in [2.45, 2.75) is 25.4 Å². The number of nitrogens with one attached hydrogen (secondary N) is 2. The lowest BCUT2D eigenvalue weighted by Crippen LogP contribution is -2.39. The third kappa shape index (κ3) is 4.99. The molecule has 2 aromatic rings. The Morgan fingerprint density at radius 1 is 1.12 bits per heavy atom. The van der Waals surface area contributed by atoms with Crippen molar-refractivity contribution in [1.82, 2.24) is 5.32 Å². The highest BCUT2D eigenvalue weighted by atomic mass is 16.5. The van der Waals surface area contributed by atoms with Gasteiger partial charge < -0.3 is 20.1 Å². The summed E-state index contributed by atoms with van der Waals surface area (Å²) < 4.78 is 11.2. The van der Waals surface area contributed by atoms with E-state index in [0.717, 1.165) is 5.75 Å². The lowest BCUT2D eigenvalue weighted by molar-refractivity contribution is -0.125. The second-order valence-corrected chi connectivity index (χ2v) is 6.00. The Balaban J connectivity index is 1.32. The molecular weight excluding hydrogens is 332 g/mol. The van der Waals surface area contributed by atoms with Gasteiger partial charge in [0, 0.05) is 19.4 Å². The molecule has 0 saturated heterocycles. The van der Waals surface area contributed by atoms with Crippen LogP contribution in [0.5, 0.6) is 11.5 Å². The summed E-state index contributed by atoms with van der Waals surface area (Å²) in [6, 6.07) is 16.8. The maximum absolute atomic E-state index is 12.0. The number of amides is 2. The van der Waals surface area contributed by atoms with Crippen molar-refractivity contribution < 1.29 is 19.1 Å². The molecule has 0 radical (unpaired) electrons. The first-order valence-electron chi connectivity index (χ1n) is 8.73. The maximum Gasteiger partial charge on any atom is 0.265 e. The van der Waals surface area contributed by atoms with Crippen LogP contribution >= 0.6 is 0 Å². The van der Waals surface area contributed by atoms with Gasteiger partial charge in [0.1, 0.15) is 11.5 Å². The Hall–Kier alpha value is -3.02. The van der Waals surface area contributed by atoms with Gasteiger partial charge in [0.2, 0.25) is 5.91 Å². The first-order valence-corrected chi connectivity index (χ1v) is 8.73. The molecule has 0 saturated carbocycles. The fourth-order valence-corrected chi connectivity index (χ4v) is 2.65. The molecule has 2 aromatic carbocycles. The Bertz CT molecular complexity index is 748. The van der Waals surface area contributed by atoms with Crippen LogP contribution in [0.1, 0.15) is 19.3 Å². The second kappa shape index (κ2) is 8.89. The molecular formula is C20H22N2O4. The van der Waals surface area contributed by atoms with E-state index < -0.39 is 6.10 Å². The highest BCUT2D eigenvalue weighted by molar-refractivity contribution is 5.97. The van der Waals surface area contributed by atoms with Crippen LogP contribution in [0.25, 0.3) is 0 Å². The summed E-state index contributed by atoms with van der Waals surface area (Å²) in [5, 5.41) is 5.63. The van der Waals surface area contributed by atoms with Gasteiger partial charge in [-0.15, -0.1) is 0 Å². The fraction of sp³-hybridized carbons (Fsp3) is 0.300. The molecule has 1 aliphatic rings. The van der Waals surface area contributed by atoms with Crippen molar-refractivity contribution in [1.29, 1.82) is 0 Å². The van der Waals surface area contributed by atoms with Crippen molar-refractivity contribution in [3.8, 4) is 11.5 Å². The zero-order chi connectivity index (χ0) is 18.2. The molecule has 26 heavy (non-hydrogen) atoms. The average Bonchev–Trinajstić information content (AvgIpc) is 2.66. The Morgan fingerprint density at radius 3 is 2.73 bits per heavy atom. The third-order valence-corrected chi connectivity index (χ3v) is 4.00. The molecule has 0 aliphatic carbocycles. The largest absolute Gasteiger partial charge is 0.494 e. The van der Waals surface area contributed by atoms with Crippen molar-refractivity contribution in [2.75, 3.05) is 18.5 Å². The summed E-state index contributed by atoms with van der Waals surface area (Å²) in [5.41, 5.74) is 0.677. The highest BCUT2D eigenvalue weighted by Gasteiger charge is 2.26. The van der Waals surface area contributed by atoms with Crippen LogP contribution in [0, 0.1) is 0 Å². The van der Waals surface area contributed by atoms with E-state index >= 15 is 0 Å². The molecule has 1 heterocycles. The quantitative estimate of drug-likeness (QED) is 0.715. The second-order valence-electron chi connectivity index (χ2n) is 6.00. The zero-order valence-corrected chi connectivity index (χ0v) is 14.4. The van der Waals surface area contributed by atoms with Gasteiger partial charge in [-0.1, -0.05) is 30.3 Å². The highest BCUT2D eigenvalue weighted by Crippen LogP contribution is 2.29. The van der Waals surface area contributed by atoms with Crippen LogP contribution in [0.4, 0.5) is 5.69 Å². The van der Waals surface area contributed by atoms with Crippen molar-refractivity contribution >= 4 is 17.5 Å². The van der Waals surface area contributed by atoms with E-state index in [4.69, 9.17) is 9.47 Å². The smallest absolute Gasteiger partial charge is 0.265 e. The van der Waals surface area contributed by atoms with E-state index in [1.54, 1.807) is 6.07 Å². The maximum atomic E-state index is 12.0. The van der Waals surface area contributed by atoms with Gasteiger partial charge in [-0.3, -0.25) is 9.59 Å². The van der Waals surface area contributed by atoms with Gasteiger partial charge in [-0.05, 0) is 30.7 Å². The third-order valence-electron chi connectivity index (χ3n) is 4.00. The summed E-state index contributed by atoms with van der Waals surface area (Å²) in [6.07, 6.45) is 0.848. The molecule has 2 N–H and O–H groups in total. The number of hydrogen-bond donors (Lipinski definition) is 2. The summed E-state index contributed by atoms with van der Waals surface area (Å²) in [5.74, 6) is 1.21. The topological polar surface area (TPSA) is 76.7 Å². The molecule has 1 atom stereocenters. The molecule has 0 aromatic heterocycles. The lowest BCUT2D eigenvalue weighted by Gasteiger charge is -2.25. The predicted octanol–water partition coefficient (Wildman–Crippen LogP) is 2.75. The fourth-order valence-electron chi connectivity index (χ4n) is 2.65. The number of benzene rings is 2. The summed E-state index contributed by atoms with van der Waals surface area (Å²) >= 11 is 0. The van der Waals surface area contributed by atoms with Gasteiger partial charge in [0.25, 0.3) is 5.91 Å². The first kappa shape index (κ1) is 17.8. The number of hydrogen-bond acceptors (Lipinski definition) is 4. The number of rotatable bonds is 8. The average molecular weight is 354 g/mol. The number of anilines is 1. The molecule has 6 nitrogen and oxygen atoms in total. The zero-order valence-electron chi connectivity index (χ0n) is 14.4. The van der Waals surface area contributed by atoms with Crippen molar-refractivity contribution in [2.24, 2.45) is 0 Å². The summed E-state index contributed by atoms with van der Waals surface area (Å²) in [4.78, 5) is 23.9. The van der Waals surface area contributed by atoms with E-state index in [2.05, 4.69) is 10.6 Å². The number of fused-ring (bicyclic) bond motifs is 1. The molecule has 3 rings (SSSR count). The van der Waals surface area contributed by atoms with Crippen molar-refractivity contribution in [3.63, 3.8) is 0 Å². The number of carbonyl (C=O) groups excluding carboxylic acids is 2. The molecule has 0 fully saturated rings. The summed E-state index contributed by atoms with van der Waals surface area (Å²) in [7, 11) is 0. The molecule has 6 heteroatoms. The minimum absolute atomic E-state index is 0.0571. The van der Waals surface area contributed by atoms with Crippen LogP contribution in [0.15, 0.2) is 54.6 Å². The SMILES string of the molecule is O=C(CCCOc1ccccc1)NCCC1Oc2ccccc2NC1=O. The van der Waals surface area contributed by atoms with Crippen LogP contribution in [0.3, 0.4) is 0 Å². The molecule has 0 bridgehead atoms. The Morgan fingerprint density at radius 2 is 1.88 bits per heavy atom. The standard InChI is InChI=1S/C20H22N2O4/c23-19(11-6-14-25-15-7-2-1-3-8-15)21-13-12-18-20(24)22-16-9-4-5-10-17(16)26-18/h1-5,7-10,18H,6,11-14H2,(H,21,23)(H,22,24). The minimum Gasteiger partial charge on any atom is -0.494 e.